The van der Waals surface area contributed by atoms with Crippen molar-refractivity contribution in [2.24, 2.45) is 0 Å². The summed E-state index contributed by atoms with van der Waals surface area (Å²) in [7, 11) is 0. The standard InChI is InChI=1S/C20H14N2O3/c23-20(24)18-10-15(16-11-21-22-12-16)6-8-19(18)25-17-7-5-13-3-1-2-4-14(13)9-17/h1-12H,(H,21,22)(H,23,24). The van der Waals surface area contributed by atoms with E-state index in [0.717, 1.165) is 21.9 Å². The molecule has 0 atom stereocenters. The van der Waals surface area contributed by atoms with E-state index < -0.39 is 5.97 Å². The Hall–Kier alpha value is -3.60. The van der Waals surface area contributed by atoms with Crippen LogP contribution in [-0.2, 0) is 0 Å². The van der Waals surface area contributed by atoms with Crippen molar-refractivity contribution in [1.29, 1.82) is 0 Å². The van der Waals surface area contributed by atoms with Crippen molar-refractivity contribution in [3.8, 4) is 22.6 Å². The van der Waals surface area contributed by atoms with E-state index >= 15 is 0 Å². The first kappa shape index (κ1) is 15.0. The third-order valence-electron chi connectivity index (χ3n) is 3.99. The van der Waals surface area contributed by atoms with Gasteiger partial charge in [0.2, 0.25) is 0 Å². The summed E-state index contributed by atoms with van der Waals surface area (Å²) >= 11 is 0. The number of rotatable bonds is 4. The van der Waals surface area contributed by atoms with Crippen molar-refractivity contribution in [1.82, 2.24) is 10.2 Å². The van der Waals surface area contributed by atoms with Gasteiger partial charge in [-0.15, -0.1) is 0 Å². The maximum Gasteiger partial charge on any atom is 0.339 e. The van der Waals surface area contributed by atoms with Crippen LogP contribution in [0.2, 0.25) is 0 Å². The van der Waals surface area contributed by atoms with Crippen LogP contribution < -0.4 is 4.74 Å². The van der Waals surface area contributed by atoms with Gasteiger partial charge in [0.15, 0.2) is 0 Å². The fourth-order valence-electron chi connectivity index (χ4n) is 2.73. The van der Waals surface area contributed by atoms with Gasteiger partial charge in [-0.25, -0.2) is 4.79 Å². The van der Waals surface area contributed by atoms with Gasteiger partial charge in [0.25, 0.3) is 0 Å². The largest absolute Gasteiger partial charge is 0.478 e. The summed E-state index contributed by atoms with van der Waals surface area (Å²) in [5.41, 5.74) is 1.68. The van der Waals surface area contributed by atoms with E-state index in [9.17, 15) is 9.90 Å². The number of carbonyl (C=O) groups is 1. The van der Waals surface area contributed by atoms with Crippen LogP contribution in [0.4, 0.5) is 0 Å². The molecule has 0 radical (unpaired) electrons. The lowest BCUT2D eigenvalue weighted by Crippen LogP contribution is -2.00. The van der Waals surface area contributed by atoms with Gasteiger partial charge >= 0.3 is 5.97 Å². The molecule has 0 aliphatic rings. The summed E-state index contributed by atoms with van der Waals surface area (Å²) in [5, 5.41) is 18.3. The molecule has 122 valence electrons. The minimum absolute atomic E-state index is 0.104. The van der Waals surface area contributed by atoms with Crippen LogP contribution in [0.1, 0.15) is 10.4 Å². The number of carboxylic acids is 1. The molecule has 5 nitrogen and oxygen atoms in total. The van der Waals surface area contributed by atoms with Gasteiger partial charge in [0.05, 0.1) is 6.20 Å². The van der Waals surface area contributed by atoms with E-state index in [4.69, 9.17) is 4.74 Å². The second kappa shape index (κ2) is 6.13. The number of benzene rings is 3. The molecule has 0 bridgehead atoms. The molecule has 4 aromatic rings. The van der Waals surface area contributed by atoms with Gasteiger partial charge in [-0.1, -0.05) is 36.4 Å². The van der Waals surface area contributed by atoms with E-state index in [0.29, 0.717) is 11.5 Å². The highest BCUT2D eigenvalue weighted by atomic mass is 16.5. The number of H-pyrrole nitrogens is 1. The minimum Gasteiger partial charge on any atom is -0.478 e. The number of hydrogen-bond donors (Lipinski definition) is 2. The van der Waals surface area contributed by atoms with Crippen molar-refractivity contribution < 1.29 is 14.6 Å². The SMILES string of the molecule is O=C(O)c1cc(-c2cn[nH]c2)ccc1Oc1ccc2ccccc2c1. The summed E-state index contributed by atoms with van der Waals surface area (Å²) in [6.07, 6.45) is 3.36. The number of aromatic nitrogens is 2. The van der Waals surface area contributed by atoms with Crippen molar-refractivity contribution in [3.63, 3.8) is 0 Å². The molecule has 1 heterocycles. The van der Waals surface area contributed by atoms with Crippen LogP contribution in [0.25, 0.3) is 21.9 Å². The smallest absolute Gasteiger partial charge is 0.339 e. The van der Waals surface area contributed by atoms with Crippen molar-refractivity contribution >= 4 is 16.7 Å². The predicted molar refractivity (Wildman–Crippen MR) is 95.0 cm³/mol. The average molecular weight is 330 g/mol. The Morgan fingerprint density at radius 3 is 2.56 bits per heavy atom. The molecule has 25 heavy (non-hydrogen) atoms. The lowest BCUT2D eigenvalue weighted by molar-refractivity contribution is 0.0694. The zero-order valence-corrected chi connectivity index (χ0v) is 13.1. The van der Waals surface area contributed by atoms with Crippen molar-refractivity contribution in [3.05, 3.63) is 78.6 Å². The third-order valence-corrected chi connectivity index (χ3v) is 3.99. The Balaban J connectivity index is 1.72. The Bertz CT molecular complexity index is 1060. The van der Waals surface area contributed by atoms with E-state index in [1.807, 2.05) is 48.5 Å². The monoisotopic (exact) mass is 330 g/mol. The zero-order chi connectivity index (χ0) is 17.2. The topological polar surface area (TPSA) is 75.2 Å². The molecule has 0 saturated carbocycles. The molecule has 0 saturated heterocycles. The molecule has 4 rings (SSSR count). The average Bonchev–Trinajstić information content (AvgIpc) is 3.16. The van der Waals surface area contributed by atoms with E-state index in [2.05, 4.69) is 10.2 Å². The summed E-state index contributed by atoms with van der Waals surface area (Å²) < 4.78 is 5.85. The lowest BCUT2D eigenvalue weighted by atomic mass is 10.1. The normalized spacial score (nSPS) is 10.7. The highest BCUT2D eigenvalue weighted by Crippen LogP contribution is 2.31. The molecule has 3 aromatic carbocycles. The maximum absolute atomic E-state index is 11.6. The molecular weight excluding hydrogens is 316 g/mol. The molecular formula is C20H14N2O3. The second-order valence-corrected chi connectivity index (χ2v) is 5.61. The van der Waals surface area contributed by atoms with E-state index in [1.54, 1.807) is 24.5 Å². The number of nitrogens with one attached hydrogen (secondary N) is 1. The third kappa shape index (κ3) is 2.95. The van der Waals surface area contributed by atoms with Crippen LogP contribution in [0.3, 0.4) is 0 Å². The lowest BCUT2D eigenvalue weighted by Gasteiger charge is -2.11. The summed E-state index contributed by atoms with van der Waals surface area (Å²) in [6, 6.07) is 18.7. The van der Waals surface area contributed by atoms with Crippen LogP contribution in [0, 0.1) is 0 Å². The minimum atomic E-state index is -1.04. The predicted octanol–water partition coefficient (Wildman–Crippen LogP) is 4.72. The number of aromatic carboxylic acids is 1. The molecule has 0 fully saturated rings. The first-order valence-electron chi connectivity index (χ1n) is 7.74. The van der Waals surface area contributed by atoms with Crippen LogP contribution in [-0.4, -0.2) is 21.3 Å². The summed E-state index contributed by atoms with van der Waals surface area (Å²) in [6.45, 7) is 0. The molecule has 2 N–H and O–H groups in total. The highest BCUT2D eigenvalue weighted by Gasteiger charge is 2.14. The molecule has 0 unspecified atom stereocenters. The number of nitrogens with zero attached hydrogens (tertiary/aromatic N) is 1. The highest BCUT2D eigenvalue weighted by molar-refractivity contribution is 5.93. The molecule has 5 heteroatoms. The zero-order valence-electron chi connectivity index (χ0n) is 13.1. The summed E-state index contributed by atoms with van der Waals surface area (Å²) in [4.78, 5) is 11.6. The van der Waals surface area contributed by atoms with Crippen molar-refractivity contribution in [2.45, 2.75) is 0 Å². The fraction of sp³-hybridized carbons (Fsp3) is 0. The molecule has 0 spiro atoms. The number of hydrogen-bond acceptors (Lipinski definition) is 3. The van der Waals surface area contributed by atoms with Gasteiger partial charge in [-0.2, -0.15) is 5.10 Å². The van der Waals surface area contributed by atoms with Crippen molar-refractivity contribution in [2.75, 3.05) is 0 Å². The quantitative estimate of drug-likeness (QED) is 0.568. The summed E-state index contributed by atoms with van der Waals surface area (Å²) in [5.74, 6) is -0.145. The van der Waals surface area contributed by atoms with Crippen LogP contribution in [0.15, 0.2) is 73.1 Å². The molecule has 0 amide bonds. The second-order valence-electron chi connectivity index (χ2n) is 5.61. The van der Waals surface area contributed by atoms with Gasteiger partial charge in [0.1, 0.15) is 17.1 Å². The Morgan fingerprint density at radius 1 is 0.960 bits per heavy atom. The van der Waals surface area contributed by atoms with Gasteiger partial charge in [-0.3, -0.25) is 5.10 Å². The van der Waals surface area contributed by atoms with Gasteiger partial charge in [-0.05, 0) is 40.6 Å². The van der Waals surface area contributed by atoms with E-state index in [1.165, 1.54) is 0 Å². The number of aromatic amines is 1. The number of fused-ring (bicyclic) bond motifs is 1. The van der Waals surface area contributed by atoms with Crippen LogP contribution >= 0.6 is 0 Å². The number of ether oxygens (including phenoxy) is 1. The molecule has 1 aromatic heterocycles. The fourth-order valence-corrected chi connectivity index (χ4v) is 2.73. The maximum atomic E-state index is 11.6. The Kier molecular flexibility index (Phi) is 3.67. The first-order chi connectivity index (χ1) is 12.2. The van der Waals surface area contributed by atoms with E-state index in [-0.39, 0.29) is 5.56 Å². The van der Waals surface area contributed by atoms with Crippen LogP contribution in [0.5, 0.6) is 11.5 Å². The first-order valence-corrected chi connectivity index (χ1v) is 7.74. The van der Waals surface area contributed by atoms with Gasteiger partial charge < -0.3 is 9.84 Å². The Morgan fingerprint density at radius 2 is 1.80 bits per heavy atom. The number of carboxylic acid groups (broad SMARTS) is 1. The Labute approximate surface area is 143 Å². The van der Waals surface area contributed by atoms with Gasteiger partial charge in [0, 0.05) is 11.8 Å². The molecule has 0 aliphatic carbocycles. The molecule has 0 aliphatic heterocycles.